The zero-order valence-corrected chi connectivity index (χ0v) is 12.6. The van der Waals surface area contributed by atoms with Gasteiger partial charge in [0.05, 0.1) is 13.2 Å². The highest BCUT2D eigenvalue weighted by molar-refractivity contribution is 5.77. The largest absolute Gasteiger partial charge is 0.491 e. The molecule has 0 aliphatic heterocycles. The van der Waals surface area contributed by atoms with Crippen molar-refractivity contribution in [2.24, 2.45) is 16.6 Å². The number of rotatable bonds is 8. The molecule has 1 rings (SSSR count). The van der Waals surface area contributed by atoms with Crippen LogP contribution in [-0.2, 0) is 11.3 Å². The van der Waals surface area contributed by atoms with Gasteiger partial charge in [-0.15, -0.1) is 0 Å². The number of nitrogens with zero attached hydrogens (tertiary/aromatic N) is 1. The molecule has 3 N–H and O–H groups in total. The lowest BCUT2D eigenvalue weighted by Gasteiger charge is -2.08. The standard InChI is InChI=1S/C15H25N3O2/c1-12(2)10-17-15(16)18-11-13-4-6-14(7-5-13)20-9-8-19-3/h4-7,12H,8-11H2,1-3H3,(H3,16,17,18). The molecule has 0 amide bonds. The van der Waals surface area contributed by atoms with Crippen molar-refractivity contribution in [3.63, 3.8) is 0 Å². The van der Waals surface area contributed by atoms with E-state index in [0.717, 1.165) is 17.9 Å². The van der Waals surface area contributed by atoms with Gasteiger partial charge in [0.25, 0.3) is 0 Å². The zero-order chi connectivity index (χ0) is 14.8. The van der Waals surface area contributed by atoms with Crippen LogP contribution < -0.4 is 15.8 Å². The number of nitrogens with two attached hydrogens (primary N) is 1. The molecule has 0 spiro atoms. The van der Waals surface area contributed by atoms with Crippen LogP contribution in [0.15, 0.2) is 29.3 Å². The van der Waals surface area contributed by atoms with E-state index >= 15 is 0 Å². The lowest BCUT2D eigenvalue weighted by Crippen LogP contribution is -2.34. The van der Waals surface area contributed by atoms with E-state index in [1.807, 2.05) is 24.3 Å². The van der Waals surface area contributed by atoms with Gasteiger partial charge in [-0.05, 0) is 23.6 Å². The van der Waals surface area contributed by atoms with E-state index in [9.17, 15) is 0 Å². The number of hydrogen-bond acceptors (Lipinski definition) is 3. The molecule has 0 saturated heterocycles. The minimum atomic E-state index is 0.485. The first-order valence-electron chi connectivity index (χ1n) is 6.86. The van der Waals surface area contributed by atoms with E-state index in [0.29, 0.717) is 31.6 Å². The van der Waals surface area contributed by atoms with Crippen LogP contribution >= 0.6 is 0 Å². The molecular formula is C15H25N3O2. The molecule has 1 aromatic rings. The number of benzene rings is 1. The zero-order valence-electron chi connectivity index (χ0n) is 12.6. The van der Waals surface area contributed by atoms with Crippen molar-refractivity contribution >= 4 is 5.96 Å². The first-order valence-corrected chi connectivity index (χ1v) is 6.86. The summed E-state index contributed by atoms with van der Waals surface area (Å²) in [4.78, 5) is 4.29. The third-order valence-electron chi connectivity index (χ3n) is 2.60. The van der Waals surface area contributed by atoms with Gasteiger partial charge in [-0.1, -0.05) is 26.0 Å². The molecule has 0 aromatic heterocycles. The van der Waals surface area contributed by atoms with Crippen LogP contribution in [0.5, 0.6) is 5.75 Å². The molecule has 0 atom stereocenters. The van der Waals surface area contributed by atoms with Gasteiger partial charge in [0.2, 0.25) is 0 Å². The summed E-state index contributed by atoms with van der Waals surface area (Å²) in [5, 5.41) is 3.09. The summed E-state index contributed by atoms with van der Waals surface area (Å²) >= 11 is 0. The molecule has 112 valence electrons. The van der Waals surface area contributed by atoms with Gasteiger partial charge < -0.3 is 20.5 Å². The quantitative estimate of drug-likeness (QED) is 0.432. The molecule has 0 radical (unpaired) electrons. The van der Waals surface area contributed by atoms with Crippen molar-refractivity contribution in [3.05, 3.63) is 29.8 Å². The Labute approximate surface area is 121 Å². The molecule has 0 heterocycles. The minimum Gasteiger partial charge on any atom is -0.491 e. The molecule has 5 nitrogen and oxygen atoms in total. The van der Waals surface area contributed by atoms with Crippen molar-refractivity contribution in [1.82, 2.24) is 5.32 Å². The van der Waals surface area contributed by atoms with Gasteiger partial charge in [-0.2, -0.15) is 0 Å². The summed E-state index contributed by atoms with van der Waals surface area (Å²) < 4.78 is 10.4. The number of nitrogens with one attached hydrogen (secondary N) is 1. The van der Waals surface area contributed by atoms with Gasteiger partial charge in [-0.3, -0.25) is 0 Å². The Balaban J connectivity index is 2.38. The second-order valence-electron chi connectivity index (χ2n) is 4.96. The Morgan fingerprint density at radius 3 is 2.55 bits per heavy atom. The number of methoxy groups -OCH3 is 1. The topological polar surface area (TPSA) is 68.9 Å². The molecule has 0 aliphatic carbocycles. The molecule has 0 saturated carbocycles. The molecular weight excluding hydrogens is 254 g/mol. The van der Waals surface area contributed by atoms with Crippen LogP contribution in [0.4, 0.5) is 0 Å². The lowest BCUT2D eigenvalue weighted by molar-refractivity contribution is 0.146. The van der Waals surface area contributed by atoms with Crippen molar-refractivity contribution in [2.75, 3.05) is 26.9 Å². The van der Waals surface area contributed by atoms with Gasteiger partial charge in [0.1, 0.15) is 12.4 Å². The minimum absolute atomic E-state index is 0.485. The Hall–Kier alpha value is -1.75. The predicted octanol–water partition coefficient (Wildman–Crippen LogP) is 1.77. The third kappa shape index (κ3) is 6.99. The van der Waals surface area contributed by atoms with E-state index in [-0.39, 0.29) is 0 Å². The molecule has 5 heteroatoms. The summed E-state index contributed by atoms with van der Waals surface area (Å²) in [5.41, 5.74) is 6.88. The maximum atomic E-state index is 5.78. The fourth-order valence-electron chi connectivity index (χ4n) is 1.47. The van der Waals surface area contributed by atoms with Crippen LogP contribution in [0, 0.1) is 5.92 Å². The molecule has 0 aliphatic rings. The molecule has 0 bridgehead atoms. The summed E-state index contributed by atoms with van der Waals surface area (Å²) in [7, 11) is 1.65. The van der Waals surface area contributed by atoms with E-state index < -0.39 is 0 Å². The van der Waals surface area contributed by atoms with Crippen LogP contribution in [0.2, 0.25) is 0 Å². The van der Waals surface area contributed by atoms with Crippen LogP contribution in [0.1, 0.15) is 19.4 Å². The number of ether oxygens (including phenoxy) is 2. The molecule has 0 unspecified atom stereocenters. The number of hydrogen-bond donors (Lipinski definition) is 2. The number of aliphatic imine (C=N–C) groups is 1. The summed E-state index contributed by atoms with van der Waals surface area (Å²) in [6.45, 7) is 6.80. The van der Waals surface area contributed by atoms with Gasteiger partial charge in [0.15, 0.2) is 5.96 Å². The van der Waals surface area contributed by atoms with Crippen LogP contribution in [-0.4, -0.2) is 32.8 Å². The second kappa shape index (κ2) is 9.20. The Morgan fingerprint density at radius 2 is 1.95 bits per heavy atom. The molecule has 1 aromatic carbocycles. The van der Waals surface area contributed by atoms with E-state index in [1.54, 1.807) is 7.11 Å². The smallest absolute Gasteiger partial charge is 0.188 e. The van der Waals surface area contributed by atoms with Crippen molar-refractivity contribution in [3.8, 4) is 5.75 Å². The average molecular weight is 279 g/mol. The molecule has 20 heavy (non-hydrogen) atoms. The van der Waals surface area contributed by atoms with Crippen molar-refractivity contribution < 1.29 is 9.47 Å². The third-order valence-corrected chi connectivity index (χ3v) is 2.60. The Bertz CT molecular complexity index is 402. The first-order chi connectivity index (χ1) is 9.61. The first kappa shape index (κ1) is 16.3. The van der Waals surface area contributed by atoms with Gasteiger partial charge in [-0.25, -0.2) is 4.99 Å². The highest BCUT2D eigenvalue weighted by atomic mass is 16.5. The molecule has 0 fully saturated rings. The summed E-state index contributed by atoms with van der Waals surface area (Å²) in [6, 6.07) is 7.83. The normalized spacial score (nSPS) is 11.7. The van der Waals surface area contributed by atoms with E-state index in [2.05, 4.69) is 24.2 Å². The van der Waals surface area contributed by atoms with Gasteiger partial charge in [0, 0.05) is 13.7 Å². The van der Waals surface area contributed by atoms with Crippen LogP contribution in [0.3, 0.4) is 0 Å². The van der Waals surface area contributed by atoms with E-state index in [4.69, 9.17) is 15.2 Å². The SMILES string of the molecule is COCCOc1ccc(CN=C(N)NCC(C)C)cc1. The average Bonchev–Trinajstić information content (AvgIpc) is 2.44. The van der Waals surface area contributed by atoms with E-state index in [1.165, 1.54) is 0 Å². The Morgan fingerprint density at radius 1 is 1.25 bits per heavy atom. The monoisotopic (exact) mass is 279 g/mol. The fraction of sp³-hybridized carbons (Fsp3) is 0.533. The van der Waals surface area contributed by atoms with Crippen molar-refractivity contribution in [2.45, 2.75) is 20.4 Å². The fourth-order valence-corrected chi connectivity index (χ4v) is 1.47. The maximum absolute atomic E-state index is 5.78. The van der Waals surface area contributed by atoms with Crippen LogP contribution in [0.25, 0.3) is 0 Å². The highest BCUT2D eigenvalue weighted by Gasteiger charge is 1.97. The second-order valence-corrected chi connectivity index (χ2v) is 4.96. The van der Waals surface area contributed by atoms with Crippen molar-refractivity contribution in [1.29, 1.82) is 0 Å². The van der Waals surface area contributed by atoms with Gasteiger partial charge >= 0.3 is 0 Å². The summed E-state index contributed by atoms with van der Waals surface area (Å²) in [6.07, 6.45) is 0. The number of guanidine groups is 1. The lowest BCUT2D eigenvalue weighted by atomic mass is 10.2. The Kier molecular flexibility index (Phi) is 7.50. The highest BCUT2D eigenvalue weighted by Crippen LogP contribution is 2.12. The summed E-state index contributed by atoms with van der Waals surface area (Å²) in [5.74, 6) is 1.87. The maximum Gasteiger partial charge on any atom is 0.188 e. The predicted molar refractivity (Wildman–Crippen MR) is 82.0 cm³/mol.